The highest BCUT2D eigenvalue weighted by molar-refractivity contribution is 5.64. The molecular weight excluding hydrogens is 310 g/mol. The van der Waals surface area contributed by atoms with Gasteiger partial charge in [0, 0.05) is 24.8 Å². The molecule has 1 aromatic heterocycles. The number of rotatable bonds is 5. The highest BCUT2D eigenvalue weighted by Crippen LogP contribution is 2.19. The smallest absolute Gasteiger partial charge is 0.404 e. The molecule has 3 rings (SSSR count). The molecule has 0 spiro atoms. The lowest BCUT2D eigenvalue weighted by Crippen LogP contribution is -2.47. The summed E-state index contributed by atoms with van der Waals surface area (Å²) >= 11 is 0. The lowest BCUT2D eigenvalue weighted by atomic mass is 9.97. The average molecular weight is 331 g/mol. The van der Waals surface area contributed by atoms with Gasteiger partial charge in [-0.15, -0.1) is 0 Å². The van der Waals surface area contributed by atoms with Crippen LogP contribution in [0.2, 0.25) is 0 Å². The summed E-state index contributed by atoms with van der Waals surface area (Å²) in [5.74, 6) is 0.741. The second-order valence-corrected chi connectivity index (χ2v) is 5.89. The van der Waals surface area contributed by atoms with Crippen LogP contribution in [0.1, 0.15) is 12.1 Å². The maximum absolute atomic E-state index is 10.9. The molecule has 7 nitrogen and oxygen atoms in total. The van der Waals surface area contributed by atoms with Crippen molar-refractivity contribution in [1.82, 2.24) is 15.1 Å². The molecule has 1 aliphatic heterocycles. The van der Waals surface area contributed by atoms with E-state index in [-0.39, 0.29) is 12.0 Å². The Kier molecular flexibility index (Phi) is 5.00. The van der Waals surface area contributed by atoms with E-state index in [0.717, 1.165) is 17.1 Å². The Morgan fingerprint density at radius 3 is 2.88 bits per heavy atom. The molecule has 128 valence electrons. The van der Waals surface area contributed by atoms with Crippen LogP contribution in [-0.4, -0.2) is 46.8 Å². The van der Waals surface area contributed by atoms with Gasteiger partial charge in [-0.3, -0.25) is 0 Å². The third-order valence-electron chi connectivity index (χ3n) is 4.07. The van der Waals surface area contributed by atoms with Gasteiger partial charge in [0.25, 0.3) is 0 Å². The Morgan fingerprint density at radius 2 is 2.21 bits per heavy atom. The van der Waals surface area contributed by atoms with E-state index in [0.29, 0.717) is 26.2 Å². The van der Waals surface area contributed by atoms with Gasteiger partial charge in [-0.1, -0.05) is 0 Å². The summed E-state index contributed by atoms with van der Waals surface area (Å²) in [6, 6.07) is 9.45. The van der Waals surface area contributed by atoms with Crippen LogP contribution in [0.3, 0.4) is 0 Å². The van der Waals surface area contributed by atoms with E-state index < -0.39 is 6.09 Å². The van der Waals surface area contributed by atoms with Crippen LogP contribution in [0.5, 0.6) is 5.75 Å². The molecule has 2 N–H and O–H groups in total. The minimum Gasteiger partial charge on any atom is -0.493 e. The molecular formula is C17H21N3O4. The highest BCUT2D eigenvalue weighted by atomic mass is 16.5. The summed E-state index contributed by atoms with van der Waals surface area (Å²) in [4.78, 5) is 10.9. The van der Waals surface area contributed by atoms with Crippen LogP contribution < -0.4 is 10.1 Å². The number of ether oxygens (including phenoxy) is 2. The Hall–Kier alpha value is -2.54. The van der Waals surface area contributed by atoms with E-state index in [1.165, 1.54) is 0 Å². The average Bonchev–Trinajstić information content (AvgIpc) is 3.00. The topological polar surface area (TPSA) is 85.6 Å². The van der Waals surface area contributed by atoms with Crippen molar-refractivity contribution >= 4 is 6.09 Å². The van der Waals surface area contributed by atoms with E-state index in [1.54, 1.807) is 4.68 Å². The Bertz CT molecular complexity index is 683. The van der Waals surface area contributed by atoms with Crippen molar-refractivity contribution in [2.75, 3.05) is 19.8 Å². The number of aryl methyl sites for hydroxylation is 1. The standard InChI is InChI=1S/C17H21N3O4/c1-12-6-8-20(19-12)14-2-4-15(5-3-14)24-11-13-10-23-9-7-16(13)18-17(21)22/h2-6,8,13,16,18H,7,9-11H2,1H3,(H,21,22)/t13-,16+/m1/s1. The number of benzene rings is 1. The van der Waals surface area contributed by atoms with Crippen LogP contribution >= 0.6 is 0 Å². The van der Waals surface area contributed by atoms with Crippen molar-refractivity contribution in [2.45, 2.75) is 19.4 Å². The third-order valence-corrected chi connectivity index (χ3v) is 4.07. The van der Waals surface area contributed by atoms with Crippen molar-refractivity contribution in [2.24, 2.45) is 5.92 Å². The van der Waals surface area contributed by atoms with E-state index in [1.807, 2.05) is 43.5 Å². The zero-order valence-corrected chi connectivity index (χ0v) is 13.5. The Labute approximate surface area is 140 Å². The molecule has 7 heteroatoms. The first-order chi connectivity index (χ1) is 11.6. The van der Waals surface area contributed by atoms with Gasteiger partial charge in [0.05, 0.1) is 24.6 Å². The lowest BCUT2D eigenvalue weighted by Gasteiger charge is -2.31. The summed E-state index contributed by atoms with van der Waals surface area (Å²) in [7, 11) is 0. The summed E-state index contributed by atoms with van der Waals surface area (Å²) in [5.41, 5.74) is 1.92. The van der Waals surface area contributed by atoms with Crippen molar-refractivity contribution in [1.29, 1.82) is 0 Å². The largest absolute Gasteiger partial charge is 0.493 e. The van der Waals surface area contributed by atoms with Gasteiger partial charge < -0.3 is 19.9 Å². The predicted molar refractivity (Wildman–Crippen MR) is 87.7 cm³/mol. The minimum absolute atomic E-state index is 0.00305. The van der Waals surface area contributed by atoms with Gasteiger partial charge in [0.1, 0.15) is 5.75 Å². The van der Waals surface area contributed by atoms with Crippen LogP contribution in [0, 0.1) is 12.8 Å². The number of carboxylic acid groups (broad SMARTS) is 1. The first-order valence-electron chi connectivity index (χ1n) is 7.94. The molecule has 0 unspecified atom stereocenters. The number of hydrogen-bond donors (Lipinski definition) is 2. The molecule has 0 saturated carbocycles. The molecule has 0 radical (unpaired) electrons. The van der Waals surface area contributed by atoms with E-state index in [9.17, 15) is 4.79 Å². The van der Waals surface area contributed by atoms with Crippen LogP contribution in [-0.2, 0) is 4.74 Å². The second kappa shape index (κ2) is 7.35. The van der Waals surface area contributed by atoms with E-state index in [4.69, 9.17) is 14.6 Å². The zero-order valence-electron chi connectivity index (χ0n) is 13.5. The van der Waals surface area contributed by atoms with Crippen LogP contribution in [0.25, 0.3) is 5.69 Å². The number of hydrogen-bond acceptors (Lipinski definition) is 4. The van der Waals surface area contributed by atoms with Crippen LogP contribution in [0.15, 0.2) is 36.5 Å². The summed E-state index contributed by atoms with van der Waals surface area (Å²) < 4.78 is 13.1. The summed E-state index contributed by atoms with van der Waals surface area (Å²) in [6.07, 6.45) is 1.57. The fourth-order valence-corrected chi connectivity index (χ4v) is 2.77. The quantitative estimate of drug-likeness (QED) is 0.877. The molecule has 2 aromatic rings. The van der Waals surface area contributed by atoms with Gasteiger partial charge in [0.15, 0.2) is 0 Å². The molecule has 0 bridgehead atoms. The fourth-order valence-electron chi connectivity index (χ4n) is 2.77. The molecule has 24 heavy (non-hydrogen) atoms. The number of nitrogens with zero attached hydrogens (tertiary/aromatic N) is 2. The molecule has 0 aliphatic carbocycles. The molecule has 1 aromatic carbocycles. The van der Waals surface area contributed by atoms with Crippen molar-refractivity contribution in [3.8, 4) is 11.4 Å². The fraction of sp³-hybridized carbons (Fsp3) is 0.412. The SMILES string of the molecule is Cc1ccn(-c2ccc(OC[C@H]3COCC[C@@H]3NC(=O)O)cc2)n1. The monoisotopic (exact) mass is 331 g/mol. The van der Waals surface area contributed by atoms with E-state index in [2.05, 4.69) is 10.4 Å². The molecule has 2 heterocycles. The van der Waals surface area contributed by atoms with Gasteiger partial charge in [-0.25, -0.2) is 9.48 Å². The Morgan fingerprint density at radius 1 is 1.42 bits per heavy atom. The lowest BCUT2D eigenvalue weighted by molar-refractivity contribution is 0.0140. The van der Waals surface area contributed by atoms with Crippen LogP contribution in [0.4, 0.5) is 4.79 Å². The molecule has 1 saturated heterocycles. The van der Waals surface area contributed by atoms with Gasteiger partial charge >= 0.3 is 6.09 Å². The maximum atomic E-state index is 10.9. The summed E-state index contributed by atoms with van der Waals surface area (Å²) in [5, 5.41) is 15.8. The van der Waals surface area contributed by atoms with Crippen molar-refractivity contribution in [3.63, 3.8) is 0 Å². The number of amides is 1. The minimum atomic E-state index is -1.01. The normalized spacial score (nSPS) is 20.5. The number of nitrogens with one attached hydrogen (secondary N) is 1. The highest BCUT2D eigenvalue weighted by Gasteiger charge is 2.27. The Balaban J connectivity index is 1.58. The van der Waals surface area contributed by atoms with Crippen molar-refractivity contribution in [3.05, 3.63) is 42.2 Å². The predicted octanol–water partition coefficient (Wildman–Crippen LogP) is 2.23. The second-order valence-electron chi connectivity index (χ2n) is 5.89. The molecule has 1 fully saturated rings. The third kappa shape index (κ3) is 4.05. The summed E-state index contributed by atoms with van der Waals surface area (Å²) in [6.45, 7) is 3.42. The number of aromatic nitrogens is 2. The van der Waals surface area contributed by atoms with Gasteiger partial charge in [-0.2, -0.15) is 5.10 Å². The number of carbonyl (C=O) groups is 1. The van der Waals surface area contributed by atoms with Gasteiger partial charge in [0.2, 0.25) is 0 Å². The van der Waals surface area contributed by atoms with Gasteiger partial charge in [-0.05, 0) is 43.7 Å². The first-order valence-corrected chi connectivity index (χ1v) is 7.94. The molecule has 1 amide bonds. The molecule has 2 atom stereocenters. The molecule has 1 aliphatic rings. The van der Waals surface area contributed by atoms with Crippen molar-refractivity contribution < 1.29 is 19.4 Å². The van der Waals surface area contributed by atoms with E-state index >= 15 is 0 Å². The maximum Gasteiger partial charge on any atom is 0.404 e. The first kappa shape index (κ1) is 16.3. The zero-order chi connectivity index (χ0) is 16.9.